The number of aliphatic carboxylic acids is 1. The Morgan fingerprint density at radius 3 is 2.43 bits per heavy atom. The number of nitrogens with zero attached hydrogens (tertiary/aromatic N) is 2. The molecule has 1 atom stereocenters. The average molecular weight is 318 g/mol. The summed E-state index contributed by atoms with van der Waals surface area (Å²) in [6.07, 6.45) is 2.34. The van der Waals surface area contributed by atoms with Crippen molar-refractivity contribution >= 4 is 17.0 Å². The third-order valence-corrected chi connectivity index (χ3v) is 4.55. The van der Waals surface area contributed by atoms with Gasteiger partial charge in [-0.2, -0.15) is 0 Å². The number of hydrogen-bond donors (Lipinski definition) is 1. The quantitative estimate of drug-likeness (QED) is 0.879. The fourth-order valence-corrected chi connectivity index (χ4v) is 3.24. The molecule has 0 bridgehead atoms. The number of hydrogen-bond acceptors (Lipinski definition) is 4. The Balaban J connectivity index is 2.26. The maximum absolute atomic E-state index is 11.8. The van der Waals surface area contributed by atoms with Crippen molar-refractivity contribution in [3.63, 3.8) is 0 Å². The van der Waals surface area contributed by atoms with Crippen molar-refractivity contribution in [1.29, 1.82) is 0 Å². The summed E-state index contributed by atoms with van der Waals surface area (Å²) in [6, 6.07) is 3.06. The van der Waals surface area contributed by atoms with E-state index in [4.69, 9.17) is 14.5 Å². The first kappa shape index (κ1) is 15.6. The molecule has 0 spiro atoms. The third kappa shape index (κ3) is 2.52. The highest BCUT2D eigenvalue weighted by Crippen LogP contribution is 2.39. The average Bonchev–Trinajstić information content (AvgIpc) is 3.12. The van der Waals surface area contributed by atoms with Crippen LogP contribution < -0.4 is 9.47 Å². The van der Waals surface area contributed by atoms with Crippen molar-refractivity contribution in [1.82, 2.24) is 9.55 Å². The molecule has 6 nitrogen and oxygen atoms in total. The molecule has 2 aromatic rings. The predicted octanol–water partition coefficient (Wildman–Crippen LogP) is 3.70. The fraction of sp³-hybridized carbons (Fsp3) is 0.529. The van der Waals surface area contributed by atoms with Crippen LogP contribution in [0.5, 0.6) is 11.5 Å². The van der Waals surface area contributed by atoms with Gasteiger partial charge in [-0.25, -0.2) is 9.78 Å². The lowest BCUT2D eigenvalue weighted by atomic mass is 10.0. The van der Waals surface area contributed by atoms with Crippen LogP contribution in [0.4, 0.5) is 0 Å². The minimum absolute atomic E-state index is 0.192. The number of fused-ring (bicyclic) bond motifs is 2. The standard InChI is InChI=1S/C17H22N2O4/c1-4-10(5-2)16-18-11-7-14-15(23-9-22-14)8-13(11)19(16)12(6-3)17(20)21/h7-8,10,12H,4-6,9H2,1-3H3,(H,20,21). The van der Waals surface area contributed by atoms with Gasteiger partial charge in [0, 0.05) is 18.1 Å². The van der Waals surface area contributed by atoms with Crippen LogP contribution in [0.15, 0.2) is 12.1 Å². The summed E-state index contributed by atoms with van der Waals surface area (Å²) in [5.41, 5.74) is 1.56. The number of carboxylic acid groups (broad SMARTS) is 1. The second kappa shape index (κ2) is 6.10. The lowest BCUT2D eigenvalue weighted by Gasteiger charge is -2.20. The number of rotatable bonds is 6. The van der Waals surface area contributed by atoms with Crippen LogP contribution >= 0.6 is 0 Å². The summed E-state index contributed by atoms with van der Waals surface area (Å²) in [5, 5.41) is 9.65. The Labute approximate surface area is 135 Å². The Hall–Kier alpha value is -2.24. The van der Waals surface area contributed by atoms with E-state index in [9.17, 15) is 9.90 Å². The van der Waals surface area contributed by atoms with Gasteiger partial charge in [0.1, 0.15) is 11.9 Å². The van der Waals surface area contributed by atoms with Gasteiger partial charge in [0.2, 0.25) is 6.79 Å². The van der Waals surface area contributed by atoms with Crippen LogP contribution in [-0.2, 0) is 4.79 Å². The number of carbonyl (C=O) groups is 1. The van der Waals surface area contributed by atoms with Crippen LogP contribution in [0, 0.1) is 0 Å². The normalized spacial score (nSPS) is 14.6. The second-order valence-electron chi connectivity index (χ2n) is 5.81. The molecule has 2 heterocycles. The van der Waals surface area contributed by atoms with E-state index in [0.717, 1.165) is 29.7 Å². The molecule has 1 aliphatic heterocycles. The van der Waals surface area contributed by atoms with E-state index in [1.54, 1.807) is 0 Å². The number of aromatic nitrogens is 2. The van der Waals surface area contributed by atoms with Gasteiger partial charge >= 0.3 is 5.97 Å². The first-order valence-electron chi connectivity index (χ1n) is 8.14. The van der Waals surface area contributed by atoms with Crippen molar-refractivity contribution in [2.24, 2.45) is 0 Å². The molecule has 1 aliphatic rings. The number of ether oxygens (including phenoxy) is 2. The summed E-state index contributed by atoms with van der Waals surface area (Å²) in [5.74, 6) is 1.55. The van der Waals surface area contributed by atoms with Gasteiger partial charge in [0.05, 0.1) is 11.0 Å². The smallest absolute Gasteiger partial charge is 0.326 e. The van der Waals surface area contributed by atoms with E-state index in [0.29, 0.717) is 17.9 Å². The zero-order chi connectivity index (χ0) is 16.6. The third-order valence-electron chi connectivity index (χ3n) is 4.55. The van der Waals surface area contributed by atoms with E-state index >= 15 is 0 Å². The molecule has 0 saturated carbocycles. The summed E-state index contributed by atoms with van der Waals surface area (Å²) < 4.78 is 12.7. The molecule has 3 rings (SSSR count). The largest absolute Gasteiger partial charge is 0.480 e. The Kier molecular flexibility index (Phi) is 4.15. The molecular formula is C17H22N2O4. The van der Waals surface area contributed by atoms with Crippen molar-refractivity contribution in [2.45, 2.75) is 52.0 Å². The summed E-state index contributed by atoms with van der Waals surface area (Å²) in [7, 11) is 0. The molecule has 1 aromatic carbocycles. The maximum Gasteiger partial charge on any atom is 0.326 e. The monoisotopic (exact) mass is 318 g/mol. The van der Waals surface area contributed by atoms with Crippen molar-refractivity contribution in [3.05, 3.63) is 18.0 Å². The van der Waals surface area contributed by atoms with E-state index in [-0.39, 0.29) is 12.7 Å². The van der Waals surface area contributed by atoms with Crippen molar-refractivity contribution in [3.8, 4) is 11.5 Å². The fourth-order valence-electron chi connectivity index (χ4n) is 3.24. The summed E-state index contributed by atoms with van der Waals surface area (Å²) in [6.45, 7) is 6.28. The molecule has 0 saturated heterocycles. The molecule has 23 heavy (non-hydrogen) atoms. The lowest BCUT2D eigenvalue weighted by molar-refractivity contribution is -0.141. The zero-order valence-electron chi connectivity index (χ0n) is 13.7. The van der Waals surface area contributed by atoms with Gasteiger partial charge in [-0.1, -0.05) is 20.8 Å². The van der Waals surface area contributed by atoms with Crippen LogP contribution in [0.1, 0.15) is 57.8 Å². The highest BCUT2D eigenvalue weighted by Gasteiger charge is 2.28. The van der Waals surface area contributed by atoms with Gasteiger partial charge in [0.25, 0.3) is 0 Å². The number of imidazole rings is 1. The van der Waals surface area contributed by atoms with Crippen molar-refractivity contribution in [2.75, 3.05) is 6.79 Å². The zero-order valence-corrected chi connectivity index (χ0v) is 13.7. The Bertz CT molecular complexity index is 734. The summed E-state index contributed by atoms with van der Waals surface area (Å²) >= 11 is 0. The number of benzene rings is 1. The maximum atomic E-state index is 11.8. The SMILES string of the molecule is CCC(CC)c1nc2cc3c(cc2n1C(CC)C(=O)O)OCO3. The molecule has 1 aromatic heterocycles. The topological polar surface area (TPSA) is 73.6 Å². The lowest BCUT2D eigenvalue weighted by Crippen LogP contribution is -2.21. The highest BCUT2D eigenvalue weighted by molar-refractivity contribution is 5.84. The van der Waals surface area contributed by atoms with Crippen molar-refractivity contribution < 1.29 is 19.4 Å². The predicted molar refractivity (Wildman–Crippen MR) is 86.1 cm³/mol. The Morgan fingerprint density at radius 1 is 1.22 bits per heavy atom. The van der Waals surface area contributed by atoms with Crippen LogP contribution in [0.2, 0.25) is 0 Å². The molecule has 124 valence electrons. The van der Waals surface area contributed by atoms with Gasteiger partial charge in [-0.15, -0.1) is 0 Å². The molecule has 0 radical (unpaired) electrons. The minimum Gasteiger partial charge on any atom is -0.480 e. The van der Waals surface area contributed by atoms with E-state index in [1.165, 1.54) is 0 Å². The molecule has 1 N–H and O–H groups in total. The van der Waals surface area contributed by atoms with E-state index < -0.39 is 12.0 Å². The molecule has 0 fully saturated rings. The molecular weight excluding hydrogens is 296 g/mol. The summed E-state index contributed by atoms with van der Waals surface area (Å²) in [4.78, 5) is 16.5. The molecule has 6 heteroatoms. The van der Waals surface area contributed by atoms with Gasteiger partial charge < -0.3 is 19.1 Å². The Morgan fingerprint density at radius 2 is 1.87 bits per heavy atom. The molecule has 0 amide bonds. The minimum atomic E-state index is -0.836. The van der Waals surface area contributed by atoms with Gasteiger partial charge in [-0.3, -0.25) is 0 Å². The molecule has 1 unspecified atom stereocenters. The first-order valence-corrected chi connectivity index (χ1v) is 8.14. The van der Waals surface area contributed by atoms with Gasteiger partial charge in [0.15, 0.2) is 11.5 Å². The second-order valence-corrected chi connectivity index (χ2v) is 5.81. The van der Waals surface area contributed by atoms with Crippen LogP contribution in [0.3, 0.4) is 0 Å². The first-order chi connectivity index (χ1) is 11.1. The molecule has 0 aliphatic carbocycles. The highest BCUT2D eigenvalue weighted by atomic mass is 16.7. The van der Waals surface area contributed by atoms with Crippen LogP contribution in [0.25, 0.3) is 11.0 Å². The number of carboxylic acids is 1. The van der Waals surface area contributed by atoms with Crippen LogP contribution in [-0.4, -0.2) is 27.4 Å². The van der Waals surface area contributed by atoms with E-state index in [1.807, 2.05) is 23.6 Å². The van der Waals surface area contributed by atoms with Gasteiger partial charge in [-0.05, 0) is 19.3 Å². The van der Waals surface area contributed by atoms with E-state index in [2.05, 4.69) is 13.8 Å².